The number of carbonyl (C=O) groups excluding carboxylic acids is 2. The van der Waals surface area contributed by atoms with Crippen LogP contribution in [0.4, 0.5) is 0 Å². The van der Waals surface area contributed by atoms with Gasteiger partial charge in [0.1, 0.15) is 78.1 Å². The zero-order valence-corrected chi connectivity index (χ0v) is 22.7. The van der Waals surface area contributed by atoms with Crippen LogP contribution in [-0.2, 0) is 23.9 Å². The number of nitrogens with two attached hydrogens (primary N) is 1. The lowest BCUT2D eigenvalue weighted by Crippen LogP contribution is -2.69. The number of ether oxygens (including phenoxy) is 2. The number of carbonyl (C=O) groups is 2. The second-order valence-electron chi connectivity index (χ2n) is 10.5. The van der Waals surface area contributed by atoms with Gasteiger partial charge >= 0.3 is 0 Å². The number of hydrogen-bond donors (Lipinski definition) is 12. The Morgan fingerprint density at radius 1 is 0.864 bits per heavy atom. The molecule has 3 unspecified atom stereocenters. The Morgan fingerprint density at radius 2 is 1.41 bits per heavy atom. The predicted molar refractivity (Wildman–Crippen MR) is 142 cm³/mol. The highest BCUT2D eigenvalue weighted by molar-refractivity contribution is 6.29. The average Bonchev–Trinajstić information content (AvgIpc) is 3.00. The predicted octanol–water partition coefficient (Wildman–Crippen LogP) is -5.07. The lowest BCUT2D eigenvalue weighted by molar-refractivity contribution is -0.264. The summed E-state index contributed by atoms with van der Waals surface area (Å²) in [7, 11) is 0. The maximum absolute atomic E-state index is 13.9. The van der Waals surface area contributed by atoms with Gasteiger partial charge in [0.2, 0.25) is 11.4 Å². The molecule has 1 aliphatic carbocycles. The second kappa shape index (κ2) is 13.0. The standard InChI is InChI=1S/C27H33NO16/c28-44-25-15(23-21(38)19(36)16(33)12(7-29)42-23)18(35)14(11(32)6-3-9-1-4-10(31)5-2-9)24(40)27(25,41)26-22(39)20(37)17(34)13(8-30)43-26/h1-6,12-13,16-17,19-23,26,29-31,33-39,41H,7-8,28H2/b6-3+/t12-,13-,16-,17-,19+,20+,21-,22-,23?,26?,27?/m1/s1. The Bertz CT molecular complexity index is 1340. The number of hydrogen-bond acceptors (Lipinski definition) is 17. The monoisotopic (exact) mass is 627 g/mol. The molecule has 17 nitrogen and oxygen atoms in total. The lowest BCUT2D eigenvalue weighted by atomic mass is 9.71. The Balaban J connectivity index is 1.94. The highest BCUT2D eigenvalue weighted by Crippen LogP contribution is 2.44. The highest BCUT2D eigenvalue weighted by Gasteiger charge is 2.64. The molecule has 0 saturated carbocycles. The van der Waals surface area contributed by atoms with Gasteiger partial charge in [0.15, 0.2) is 11.5 Å². The van der Waals surface area contributed by atoms with Gasteiger partial charge in [-0.15, -0.1) is 0 Å². The molecular weight excluding hydrogens is 594 g/mol. The molecule has 2 aliphatic heterocycles. The molecule has 13 N–H and O–H groups in total. The van der Waals surface area contributed by atoms with E-state index < -0.39 is 114 Å². The Labute approximate surface area is 248 Å². The van der Waals surface area contributed by atoms with Gasteiger partial charge < -0.3 is 70.5 Å². The van der Waals surface area contributed by atoms with Crippen molar-refractivity contribution < 1.29 is 80.1 Å². The molecule has 0 bridgehead atoms. The van der Waals surface area contributed by atoms with E-state index in [1.165, 1.54) is 24.3 Å². The van der Waals surface area contributed by atoms with Gasteiger partial charge in [-0.2, -0.15) is 5.90 Å². The van der Waals surface area contributed by atoms with Crippen LogP contribution in [0.5, 0.6) is 5.75 Å². The summed E-state index contributed by atoms with van der Waals surface area (Å²) in [6.45, 7) is -1.95. The van der Waals surface area contributed by atoms with E-state index >= 15 is 0 Å². The maximum atomic E-state index is 13.9. The first-order valence-corrected chi connectivity index (χ1v) is 13.2. The smallest absolute Gasteiger partial charge is 0.217 e. The lowest BCUT2D eigenvalue weighted by Gasteiger charge is -2.48. The van der Waals surface area contributed by atoms with E-state index in [4.69, 9.17) is 20.2 Å². The molecule has 17 heteroatoms. The molecule has 1 aromatic rings. The normalized spacial score (nSPS) is 38.4. The first-order chi connectivity index (χ1) is 20.7. The topological polar surface area (TPSA) is 310 Å². The largest absolute Gasteiger partial charge is 0.508 e. The number of benzene rings is 1. The maximum Gasteiger partial charge on any atom is 0.217 e. The van der Waals surface area contributed by atoms with Crippen LogP contribution in [-0.4, -0.2) is 148 Å². The molecule has 242 valence electrons. The molecule has 2 fully saturated rings. The summed E-state index contributed by atoms with van der Waals surface area (Å²) in [6.07, 6.45) is -18.4. The van der Waals surface area contributed by atoms with Crippen LogP contribution >= 0.6 is 0 Å². The van der Waals surface area contributed by atoms with Crippen LogP contribution in [0.2, 0.25) is 0 Å². The van der Waals surface area contributed by atoms with Crippen molar-refractivity contribution in [1.82, 2.24) is 0 Å². The number of allylic oxidation sites excluding steroid dienone is 1. The summed E-state index contributed by atoms with van der Waals surface area (Å²) >= 11 is 0. The molecule has 44 heavy (non-hydrogen) atoms. The van der Waals surface area contributed by atoms with E-state index in [9.17, 15) is 65.8 Å². The van der Waals surface area contributed by atoms with Gasteiger partial charge in [-0.1, -0.05) is 18.2 Å². The second-order valence-corrected chi connectivity index (χ2v) is 10.5. The first-order valence-electron chi connectivity index (χ1n) is 13.2. The number of phenolic OH excluding ortho intramolecular Hbond substituents is 1. The fourth-order valence-electron chi connectivity index (χ4n) is 5.38. The third-order valence-corrected chi connectivity index (χ3v) is 7.82. The molecule has 0 spiro atoms. The van der Waals surface area contributed by atoms with Crippen molar-refractivity contribution in [3.63, 3.8) is 0 Å². The molecule has 11 atom stereocenters. The summed E-state index contributed by atoms with van der Waals surface area (Å²) in [5.41, 5.74) is -5.29. The Hall–Kier alpha value is -3.30. The highest BCUT2D eigenvalue weighted by atomic mass is 16.6. The molecule has 2 saturated heterocycles. The number of Topliss-reactive ketones (excluding diaryl/α,β-unsaturated/α-hetero) is 1. The number of aliphatic hydroxyl groups excluding tert-OH is 9. The summed E-state index contributed by atoms with van der Waals surface area (Å²) < 4.78 is 10.8. The molecule has 0 radical (unpaired) electrons. The Kier molecular flexibility index (Phi) is 9.90. The number of aromatic hydroxyl groups is 1. The molecule has 0 amide bonds. The van der Waals surface area contributed by atoms with Gasteiger partial charge in [0, 0.05) is 0 Å². The van der Waals surface area contributed by atoms with Crippen molar-refractivity contribution in [2.75, 3.05) is 13.2 Å². The van der Waals surface area contributed by atoms with Crippen LogP contribution in [0.15, 0.2) is 53.0 Å². The summed E-state index contributed by atoms with van der Waals surface area (Å²) in [4.78, 5) is 32.1. The van der Waals surface area contributed by atoms with Crippen molar-refractivity contribution in [3.05, 3.63) is 58.6 Å². The molecule has 1 aromatic carbocycles. The number of ketones is 2. The van der Waals surface area contributed by atoms with Crippen LogP contribution in [0, 0.1) is 0 Å². The number of rotatable bonds is 8. The van der Waals surface area contributed by atoms with Crippen molar-refractivity contribution >= 4 is 17.6 Å². The van der Waals surface area contributed by atoms with Gasteiger partial charge in [0.25, 0.3) is 0 Å². The van der Waals surface area contributed by atoms with E-state index in [-0.39, 0.29) is 5.75 Å². The fourth-order valence-corrected chi connectivity index (χ4v) is 5.38. The van der Waals surface area contributed by atoms with E-state index in [0.717, 1.165) is 12.2 Å². The molecular formula is C27H33NO16. The quantitative estimate of drug-likeness (QED) is 0.0728. The molecule has 0 aromatic heterocycles. The van der Waals surface area contributed by atoms with E-state index in [1.54, 1.807) is 0 Å². The fraction of sp³-hybridized carbons (Fsp3) is 0.481. The van der Waals surface area contributed by atoms with Gasteiger partial charge in [-0.3, -0.25) is 9.59 Å². The third kappa shape index (κ3) is 5.53. The van der Waals surface area contributed by atoms with Crippen LogP contribution < -0.4 is 5.90 Å². The molecule has 2 heterocycles. The third-order valence-electron chi connectivity index (χ3n) is 7.82. The SMILES string of the molecule is NOC1=C(C2O[C@H](CO)[C@@H](O)[C@H](O)[C@H]2O)C(O)=C(C(=O)/C=C/c2ccc(O)cc2)C(=O)C1(O)C1O[C@H](CO)[C@@H](O)[C@H](O)[C@H]1O. The zero-order valence-electron chi connectivity index (χ0n) is 22.7. The Morgan fingerprint density at radius 3 is 1.95 bits per heavy atom. The van der Waals surface area contributed by atoms with Crippen LogP contribution in [0.25, 0.3) is 6.08 Å². The number of phenols is 1. The summed E-state index contributed by atoms with van der Waals surface area (Å²) in [5.74, 6) is -0.205. The minimum absolute atomic E-state index is 0.0931. The van der Waals surface area contributed by atoms with Gasteiger partial charge in [0.05, 0.1) is 18.8 Å². The minimum Gasteiger partial charge on any atom is -0.508 e. The summed E-state index contributed by atoms with van der Waals surface area (Å²) in [5, 5.41) is 115. The van der Waals surface area contributed by atoms with Crippen molar-refractivity contribution in [2.24, 2.45) is 5.90 Å². The minimum atomic E-state index is -3.46. The van der Waals surface area contributed by atoms with E-state index in [1.807, 2.05) is 0 Å². The van der Waals surface area contributed by atoms with Gasteiger partial charge in [-0.25, -0.2) is 0 Å². The van der Waals surface area contributed by atoms with Crippen molar-refractivity contribution in [2.45, 2.75) is 66.6 Å². The van der Waals surface area contributed by atoms with Crippen LogP contribution in [0.3, 0.4) is 0 Å². The van der Waals surface area contributed by atoms with Gasteiger partial charge in [-0.05, 0) is 23.8 Å². The van der Waals surface area contributed by atoms with Crippen molar-refractivity contribution in [3.8, 4) is 5.75 Å². The summed E-state index contributed by atoms with van der Waals surface area (Å²) in [6, 6.07) is 5.35. The molecule has 4 rings (SSSR count). The first kappa shape index (κ1) is 33.6. The van der Waals surface area contributed by atoms with Crippen molar-refractivity contribution in [1.29, 1.82) is 0 Å². The van der Waals surface area contributed by atoms with E-state index in [2.05, 4.69) is 0 Å². The zero-order chi connectivity index (χ0) is 32.7. The molecule has 3 aliphatic rings. The number of aliphatic hydroxyl groups is 10. The van der Waals surface area contributed by atoms with E-state index in [0.29, 0.717) is 5.56 Å². The average molecular weight is 628 g/mol. The van der Waals surface area contributed by atoms with Crippen LogP contribution in [0.1, 0.15) is 5.56 Å².